The monoisotopic (exact) mass is 213 g/mol. The van der Waals surface area contributed by atoms with Crippen LogP contribution in [0.1, 0.15) is 24.0 Å². The fourth-order valence-corrected chi connectivity index (χ4v) is 1.28. The van der Waals surface area contributed by atoms with E-state index in [1.807, 2.05) is 19.9 Å². The molecule has 0 atom stereocenters. The van der Waals surface area contributed by atoms with Gasteiger partial charge in [0.25, 0.3) is 0 Å². The highest BCUT2D eigenvalue weighted by molar-refractivity contribution is 5.19. The second kappa shape index (κ2) is 6.61. The van der Waals surface area contributed by atoms with E-state index in [0.717, 1.165) is 23.7 Å². The van der Waals surface area contributed by atoms with Crippen molar-refractivity contribution in [1.82, 2.24) is 0 Å². The first-order valence-electron chi connectivity index (χ1n) is 5.21. The Kier molecular flexibility index (Phi) is 5.39. The Morgan fingerprint density at radius 3 is 2.67 bits per heavy atom. The first-order valence-corrected chi connectivity index (χ1v) is 5.21. The van der Waals surface area contributed by atoms with Crippen molar-refractivity contribution in [2.24, 2.45) is 5.73 Å². The van der Waals surface area contributed by atoms with Crippen molar-refractivity contribution in [3.8, 4) is 0 Å². The molecule has 0 aliphatic heterocycles. The molecule has 0 amide bonds. The first-order chi connectivity index (χ1) is 7.27. The lowest BCUT2D eigenvalue weighted by Crippen LogP contribution is -2.03. The van der Waals surface area contributed by atoms with E-state index in [1.54, 1.807) is 0 Å². The molecule has 86 valence electrons. The van der Waals surface area contributed by atoms with Crippen LogP contribution in [0.4, 0.5) is 0 Å². The summed E-state index contributed by atoms with van der Waals surface area (Å²) in [6.07, 6.45) is 0. The normalized spacial score (nSPS) is 10.9. The number of aryl methyl sites for hydroxylation is 1. The third-order valence-corrected chi connectivity index (χ3v) is 2.11. The van der Waals surface area contributed by atoms with Gasteiger partial charge in [-0.15, -0.1) is 0 Å². The molecule has 1 aromatic heterocycles. The van der Waals surface area contributed by atoms with E-state index in [-0.39, 0.29) is 0 Å². The molecule has 0 unspecified atom stereocenters. The van der Waals surface area contributed by atoms with E-state index in [2.05, 4.69) is 0 Å². The Hall–Kier alpha value is -0.840. The van der Waals surface area contributed by atoms with Gasteiger partial charge in [-0.3, -0.25) is 0 Å². The van der Waals surface area contributed by atoms with E-state index in [0.29, 0.717) is 26.4 Å². The average molecular weight is 213 g/mol. The Morgan fingerprint density at radius 2 is 2.07 bits per heavy atom. The summed E-state index contributed by atoms with van der Waals surface area (Å²) in [5.41, 5.74) is 6.53. The molecular weight excluding hydrogens is 194 g/mol. The van der Waals surface area contributed by atoms with Crippen LogP contribution >= 0.6 is 0 Å². The number of ether oxygens (including phenoxy) is 2. The maximum Gasteiger partial charge on any atom is 0.118 e. The lowest BCUT2D eigenvalue weighted by atomic mass is 10.2. The standard InChI is InChI=1S/C11H19NO3/c1-3-13-4-5-14-8-10-6-11(7-12)15-9(10)2/h6H,3-5,7-8,12H2,1-2H3. The zero-order valence-electron chi connectivity index (χ0n) is 9.41. The lowest BCUT2D eigenvalue weighted by Gasteiger charge is -2.02. The first kappa shape index (κ1) is 12.2. The summed E-state index contributed by atoms with van der Waals surface area (Å²) in [4.78, 5) is 0. The third kappa shape index (κ3) is 4.03. The molecule has 1 heterocycles. The maximum absolute atomic E-state index is 5.47. The Labute approximate surface area is 90.3 Å². The van der Waals surface area contributed by atoms with Gasteiger partial charge >= 0.3 is 0 Å². The summed E-state index contributed by atoms with van der Waals surface area (Å²) in [5, 5.41) is 0. The van der Waals surface area contributed by atoms with E-state index in [1.165, 1.54) is 0 Å². The summed E-state index contributed by atoms with van der Waals surface area (Å²) in [7, 11) is 0. The van der Waals surface area contributed by atoms with Gasteiger partial charge in [0.05, 0.1) is 26.4 Å². The van der Waals surface area contributed by atoms with Crippen LogP contribution in [0, 0.1) is 6.92 Å². The van der Waals surface area contributed by atoms with E-state index in [9.17, 15) is 0 Å². The van der Waals surface area contributed by atoms with Crippen LogP contribution in [0.2, 0.25) is 0 Å². The molecule has 0 aromatic carbocycles. The molecule has 0 spiro atoms. The average Bonchev–Trinajstić information content (AvgIpc) is 2.59. The van der Waals surface area contributed by atoms with Gasteiger partial charge in [0.15, 0.2) is 0 Å². The van der Waals surface area contributed by atoms with E-state index < -0.39 is 0 Å². The smallest absolute Gasteiger partial charge is 0.118 e. The minimum absolute atomic E-state index is 0.430. The highest BCUT2D eigenvalue weighted by atomic mass is 16.5. The number of furan rings is 1. The fourth-order valence-electron chi connectivity index (χ4n) is 1.28. The number of hydrogen-bond donors (Lipinski definition) is 1. The van der Waals surface area contributed by atoms with Crippen LogP contribution in [-0.4, -0.2) is 19.8 Å². The van der Waals surface area contributed by atoms with Gasteiger partial charge in [-0.2, -0.15) is 0 Å². The predicted octanol–water partition coefficient (Wildman–Crippen LogP) is 1.60. The topological polar surface area (TPSA) is 57.6 Å². The van der Waals surface area contributed by atoms with Crippen molar-refractivity contribution in [1.29, 1.82) is 0 Å². The van der Waals surface area contributed by atoms with Gasteiger partial charge in [0.1, 0.15) is 11.5 Å². The molecule has 4 heteroatoms. The quantitative estimate of drug-likeness (QED) is 0.699. The predicted molar refractivity (Wildman–Crippen MR) is 57.5 cm³/mol. The van der Waals surface area contributed by atoms with E-state index in [4.69, 9.17) is 19.6 Å². The third-order valence-electron chi connectivity index (χ3n) is 2.11. The Bertz CT molecular complexity index is 283. The summed E-state index contributed by atoms with van der Waals surface area (Å²) in [6.45, 7) is 6.84. The zero-order valence-corrected chi connectivity index (χ0v) is 9.41. The second-order valence-electron chi connectivity index (χ2n) is 3.25. The van der Waals surface area contributed by atoms with Crippen LogP contribution in [-0.2, 0) is 22.6 Å². The van der Waals surface area contributed by atoms with Crippen LogP contribution in [0.15, 0.2) is 10.5 Å². The summed E-state index contributed by atoms with van der Waals surface area (Å²) in [6, 6.07) is 1.94. The summed E-state index contributed by atoms with van der Waals surface area (Å²) < 4.78 is 16.0. The number of nitrogens with two attached hydrogens (primary N) is 1. The molecule has 0 aliphatic rings. The molecule has 15 heavy (non-hydrogen) atoms. The Morgan fingerprint density at radius 1 is 1.33 bits per heavy atom. The lowest BCUT2D eigenvalue weighted by molar-refractivity contribution is 0.0449. The highest BCUT2D eigenvalue weighted by Gasteiger charge is 2.05. The largest absolute Gasteiger partial charge is 0.465 e. The molecule has 0 saturated carbocycles. The van der Waals surface area contributed by atoms with Gasteiger partial charge < -0.3 is 19.6 Å². The molecule has 1 rings (SSSR count). The van der Waals surface area contributed by atoms with Crippen LogP contribution in [0.25, 0.3) is 0 Å². The molecule has 0 aliphatic carbocycles. The van der Waals surface area contributed by atoms with Crippen molar-refractivity contribution in [3.05, 3.63) is 23.2 Å². The van der Waals surface area contributed by atoms with Crippen molar-refractivity contribution < 1.29 is 13.9 Å². The summed E-state index contributed by atoms with van der Waals surface area (Å²) >= 11 is 0. The summed E-state index contributed by atoms with van der Waals surface area (Å²) in [5.74, 6) is 1.68. The van der Waals surface area contributed by atoms with Crippen LogP contribution in [0.5, 0.6) is 0 Å². The SMILES string of the molecule is CCOCCOCc1cc(CN)oc1C. The van der Waals surface area contributed by atoms with Crippen LogP contribution in [0.3, 0.4) is 0 Å². The molecular formula is C11H19NO3. The fraction of sp³-hybridized carbons (Fsp3) is 0.636. The van der Waals surface area contributed by atoms with Crippen molar-refractivity contribution in [3.63, 3.8) is 0 Å². The van der Waals surface area contributed by atoms with Gasteiger partial charge in [-0.25, -0.2) is 0 Å². The van der Waals surface area contributed by atoms with Gasteiger partial charge in [-0.1, -0.05) is 0 Å². The molecule has 0 fully saturated rings. The molecule has 0 saturated heterocycles. The van der Waals surface area contributed by atoms with Crippen molar-refractivity contribution in [2.75, 3.05) is 19.8 Å². The Balaban J connectivity index is 2.27. The maximum atomic E-state index is 5.47. The van der Waals surface area contributed by atoms with Gasteiger partial charge in [-0.05, 0) is 19.9 Å². The molecule has 4 nitrogen and oxygen atoms in total. The van der Waals surface area contributed by atoms with Crippen molar-refractivity contribution >= 4 is 0 Å². The van der Waals surface area contributed by atoms with E-state index >= 15 is 0 Å². The molecule has 0 radical (unpaired) electrons. The van der Waals surface area contributed by atoms with Gasteiger partial charge in [0.2, 0.25) is 0 Å². The molecule has 0 bridgehead atoms. The highest BCUT2D eigenvalue weighted by Crippen LogP contribution is 2.14. The van der Waals surface area contributed by atoms with Gasteiger partial charge in [0, 0.05) is 12.2 Å². The minimum Gasteiger partial charge on any atom is -0.465 e. The van der Waals surface area contributed by atoms with Crippen molar-refractivity contribution in [2.45, 2.75) is 27.0 Å². The van der Waals surface area contributed by atoms with Crippen LogP contribution < -0.4 is 5.73 Å². The molecule has 1 aromatic rings. The molecule has 2 N–H and O–H groups in total. The number of rotatable bonds is 7. The minimum atomic E-state index is 0.430. The number of hydrogen-bond acceptors (Lipinski definition) is 4. The zero-order chi connectivity index (χ0) is 11.1. The second-order valence-corrected chi connectivity index (χ2v) is 3.25.